The zero-order valence-corrected chi connectivity index (χ0v) is 17.8. The van der Waals surface area contributed by atoms with Gasteiger partial charge in [0.25, 0.3) is 0 Å². The predicted molar refractivity (Wildman–Crippen MR) is 117 cm³/mol. The smallest absolute Gasteiger partial charge is 0.249 e. The molecule has 0 saturated carbocycles. The minimum Gasteiger partial charge on any atom is -0.497 e. The SMILES string of the molecule is CNC(C)C(=O)NC1CCc2ccc(OC)cc2N(Cc2ccccc2)C1=O.Cl. The molecule has 1 aliphatic rings. The third-order valence-corrected chi connectivity index (χ3v) is 5.18. The number of rotatable bonds is 6. The minimum atomic E-state index is -0.564. The van der Waals surface area contributed by atoms with Crippen LogP contribution >= 0.6 is 12.4 Å². The van der Waals surface area contributed by atoms with Crippen LogP contribution in [0.4, 0.5) is 5.69 Å². The molecule has 7 heteroatoms. The van der Waals surface area contributed by atoms with Gasteiger partial charge in [0, 0.05) is 6.07 Å². The first kappa shape index (κ1) is 22.7. The van der Waals surface area contributed by atoms with Crippen LogP contribution in [0.3, 0.4) is 0 Å². The maximum absolute atomic E-state index is 13.4. The zero-order valence-electron chi connectivity index (χ0n) is 17.0. The average molecular weight is 418 g/mol. The average Bonchev–Trinajstić information content (AvgIpc) is 2.85. The number of nitrogens with zero attached hydrogens (tertiary/aromatic N) is 1. The number of halogens is 1. The van der Waals surface area contributed by atoms with Gasteiger partial charge in [-0.25, -0.2) is 0 Å². The molecule has 0 bridgehead atoms. The van der Waals surface area contributed by atoms with E-state index in [2.05, 4.69) is 10.6 Å². The Kier molecular flexibility index (Phi) is 8.05. The summed E-state index contributed by atoms with van der Waals surface area (Å²) in [5.74, 6) is 0.424. The lowest BCUT2D eigenvalue weighted by molar-refractivity contribution is -0.128. The van der Waals surface area contributed by atoms with Crippen molar-refractivity contribution in [1.82, 2.24) is 10.6 Å². The fraction of sp³-hybridized carbons (Fsp3) is 0.364. The topological polar surface area (TPSA) is 70.7 Å². The van der Waals surface area contributed by atoms with E-state index in [1.807, 2.05) is 48.5 Å². The van der Waals surface area contributed by atoms with E-state index >= 15 is 0 Å². The van der Waals surface area contributed by atoms with Crippen LogP contribution in [0.15, 0.2) is 48.5 Å². The normalized spacial score (nSPS) is 16.9. The third kappa shape index (κ3) is 5.28. The van der Waals surface area contributed by atoms with Gasteiger partial charge in [-0.05, 0) is 44.0 Å². The van der Waals surface area contributed by atoms with E-state index < -0.39 is 6.04 Å². The van der Waals surface area contributed by atoms with Gasteiger partial charge < -0.3 is 20.3 Å². The van der Waals surface area contributed by atoms with E-state index in [1.165, 1.54) is 0 Å². The molecule has 1 heterocycles. The summed E-state index contributed by atoms with van der Waals surface area (Å²) in [7, 11) is 3.34. The Morgan fingerprint density at radius 1 is 1.24 bits per heavy atom. The number of fused-ring (bicyclic) bond motifs is 1. The van der Waals surface area contributed by atoms with E-state index in [0.29, 0.717) is 25.1 Å². The van der Waals surface area contributed by atoms with Crippen LogP contribution in [0, 0.1) is 0 Å². The number of likely N-dealkylation sites (N-methyl/N-ethyl adjacent to an activating group) is 1. The van der Waals surface area contributed by atoms with Crippen molar-refractivity contribution in [3.63, 3.8) is 0 Å². The number of carbonyl (C=O) groups excluding carboxylic acids is 2. The standard InChI is InChI=1S/C22H27N3O3.ClH/c1-15(23-2)21(26)24-19-12-10-17-9-11-18(28-3)13-20(17)25(22(19)27)14-16-7-5-4-6-8-16;/h4-9,11,13,15,19,23H,10,12,14H2,1-3H3,(H,24,26);1H. The van der Waals surface area contributed by atoms with Crippen LogP contribution in [0.1, 0.15) is 24.5 Å². The highest BCUT2D eigenvalue weighted by atomic mass is 35.5. The lowest BCUT2D eigenvalue weighted by atomic mass is 10.1. The maximum Gasteiger partial charge on any atom is 0.249 e. The van der Waals surface area contributed by atoms with Crippen molar-refractivity contribution >= 4 is 29.9 Å². The number of aryl methyl sites for hydroxylation is 1. The van der Waals surface area contributed by atoms with Crippen molar-refractivity contribution in [2.45, 2.75) is 38.4 Å². The highest BCUT2D eigenvalue weighted by molar-refractivity contribution is 6.01. The molecule has 2 aromatic carbocycles. The minimum absolute atomic E-state index is 0. The van der Waals surface area contributed by atoms with Gasteiger partial charge in [-0.15, -0.1) is 12.4 Å². The van der Waals surface area contributed by atoms with Crippen molar-refractivity contribution in [1.29, 1.82) is 0 Å². The van der Waals surface area contributed by atoms with Crippen molar-refractivity contribution in [2.75, 3.05) is 19.1 Å². The lowest BCUT2D eigenvalue weighted by Gasteiger charge is -2.27. The number of amides is 2. The van der Waals surface area contributed by atoms with Gasteiger partial charge in [-0.3, -0.25) is 9.59 Å². The van der Waals surface area contributed by atoms with Crippen LogP contribution < -0.4 is 20.3 Å². The molecule has 2 amide bonds. The van der Waals surface area contributed by atoms with E-state index in [4.69, 9.17) is 4.74 Å². The molecule has 0 fully saturated rings. The fourth-order valence-electron chi connectivity index (χ4n) is 3.35. The molecule has 2 N–H and O–H groups in total. The van der Waals surface area contributed by atoms with E-state index in [9.17, 15) is 9.59 Å². The molecule has 0 spiro atoms. The second kappa shape index (κ2) is 10.3. The molecule has 6 nitrogen and oxygen atoms in total. The second-order valence-corrected chi connectivity index (χ2v) is 7.01. The summed E-state index contributed by atoms with van der Waals surface area (Å²) in [5.41, 5.74) is 2.94. The Morgan fingerprint density at radius 3 is 2.62 bits per heavy atom. The molecule has 2 atom stereocenters. The van der Waals surface area contributed by atoms with Crippen molar-refractivity contribution in [3.05, 3.63) is 59.7 Å². The molecule has 1 aliphatic heterocycles. The van der Waals surface area contributed by atoms with Gasteiger partial charge in [-0.2, -0.15) is 0 Å². The van der Waals surface area contributed by atoms with Gasteiger partial charge in [-0.1, -0.05) is 36.4 Å². The van der Waals surface area contributed by atoms with Crippen LogP contribution in [0.5, 0.6) is 5.75 Å². The molecule has 0 saturated heterocycles. The number of carbonyl (C=O) groups is 2. The summed E-state index contributed by atoms with van der Waals surface area (Å²) in [5, 5.41) is 5.83. The number of methoxy groups -OCH3 is 1. The van der Waals surface area contributed by atoms with E-state index in [-0.39, 0.29) is 30.3 Å². The summed E-state index contributed by atoms with van der Waals surface area (Å²) < 4.78 is 5.38. The molecule has 29 heavy (non-hydrogen) atoms. The number of hydrogen-bond donors (Lipinski definition) is 2. The third-order valence-electron chi connectivity index (χ3n) is 5.18. The number of anilines is 1. The van der Waals surface area contributed by atoms with Gasteiger partial charge in [0.1, 0.15) is 11.8 Å². The van der Waals surface area contributed by atoms with Crippen LogP contribution in [-0.2, 0) is 22.6 Å². The number of ether oxygens (including phenoxy) is 1. The molecular weight excluding hydrogens is 390 g/mol. The van der Waals surface area contributed by atoms with Gasteiger partial charge in [0.05, 0.1) is 25.4 Å². The van der Waals surface area contributed by atoms with Crippen molar-refractivity contribution in [3.8, 4) is 5.75 Å². The molecular formula is C22H28ClN3O3. The Labute approximate surface area is 178 Å². The van der Waals surface area contributed by atoms with Crippen molar-refractivity contribution < 1.29 is 14.3 Å². The van der Waals surface area contributed by atoms with Gasteiger partial charge in [0.15, 0.2) is 0 Å². The quantitative estimate of drug-likeness (QED) is 0.758. The van der Waals surface area contributed by atoms with Crippen molar-refractivity contribution in [2.24, 2.45) is 0 Å². The number of benzene rings is 2. The first-order valence-electron chi connectivity index (χ1n) is 9.53. The molecule has 2 unspecified atom stereocenters. The summed E-state index contributed by atoms with van der Waals surface area (Å²) in [6.45, 7) is 2.21. The molecule has 2 aromatic rings. The first-order chi connectivity index (χ1) is 13.5. The molecule has 0 aliphatic carbocycles. The van der Waals surface area contributed by atoms with Crippen LogP contribution in [0.2, 0.25) is 0 Å². The fourth-order valence-corrected chi connectivity index (χ4v) is 3.35. The number of hydrogen-bond acceptors (Lipinski definition) is 4. The summed E-state index contributed by atoms with van der Waals surface area (Å²) in [6, 6.07) is 14.7. The summed E-state index contributed by atoms with van der Waals surface area (Å²) in [4.78, 5) is 27.5. The van der Waals surface area contributed by atoms with Crippen LogP contribution in [0.25, 0.3) is 0 Å². The van der Waals surface area contributed by atoms with Crippen LogP contribution in [-0.4, -0.2) is 38.1 Å². The number of nitrogens with one attached hydrogen (secondary N) is 2. The highest BCUT2D eigenvalue weighted by Gasteiger charge is 2.32. The summed E-state index contributed by atoms with van der Waals surface area (Å²) >= 11 is 0. The molecule has 3 rings (SSSR count). The first-order valence-corrected chi connectivity index (χ1v) is 9.53. The maximum atomic E-state index is 13.4. The highest BCUT2D eigenvalue weighted by Crippen LogP contribution is 2.32. The van der Waals surface area contributed by atoms with Gasteiger partial charge in [0.2, 0.25) is 11.8 Å². The lowest BCUT2D eigenvalue weighted by Crippen LogP contribution is -2.52. The predicted octanol–water partition coefficient (Wildman–Crippen LogP) is 2.69. The molecule has 156 valence electrons. The summed E-state index contributed by atoms with van der Waals surface area (Å²) in [6.07, 6.45) is 1.26. The Bertz CT molecular complexity index is 844. The van der Waals surface area contributed by atoms with E-state index in [0.717, 1.165) is 16.8 Å². The van der Waals surface area contributed by atoms with Gasteiger partial charge >= 0.3 is 0 Å². The molecule has 0 aromatic heterocycles. The zero-order chi connectivity index (χ0) is 20.1. The van der Waals surface area contributed by atoms with E-state index in [1.54, 1.807) is 26.0 Å². The Balaban J connectivity index is 0.00000300. The monoisotopic (exact) mass is 417 g/mol. The Morgan fingerprint density at radius 2 is 1.97 bits per heavy atom. The second-order valence-electron chi connectivity index (χ2n) is 7.01. The largest absolute Gasteiger partial charge is 0.497 e. The Hall–Kier alpha value is -2.57. The molecule has 0 radical (unpaired) electrons.